The Balaban J connectivity index is 2.45. The van der Waals surface area contributed by atoms with E-state index in [2.05, 4.69) is 4.72 Å². The molecule has 1 rings (SSSR count). The second kappa shape index (κ2) is 6.51. The quantitative estimate of drug-likeness (QED) is 0.624. The van der Waals surface area contributed by atoms with Crippen LogP contribution in [0.25, 0.3) is 0 Å². The van der Waals surface area contributed by atoms with Crippen LogP contribution in [0.3, 0.4) is 0 Å². The standard InChI is InChI=1S/C12H17NO4S/c1-3-8-18(15,16)13-9-12(14)17-11-6-4-10(2)5-7-11/h4-7,13H,3,8-9H2,1-2H3. The van der Waals surface area contributed by atoms with E-state index < -0.39 is 16.0 Å². The van der Waals surface area contributed by atoms with Crippen molar-refractivity contribution in [1.29, 1.82) is 0 Å². The van der Waals surface area contributed by atoms with Crippen molar-refractivity contribution in [3.8, 4) is 5.75 Å². The molecule has 0 atom stereocenters. The van der Waals surface area contributed by atoms with E-state index in [4.69, 9.17) is 4.74 Å². The highest BCUT2D eigenvalue weighted by Gasteiger charge is 2.12. The van der Waals surface area contributed by atoms with E-state index >= 15 is 0 Å². The molecule has 100 valence electrons. The van der Waals surface area contributed by atoms with Crippen LogP contribution < -0.4 is 9.46 Å². The van der Waals surface area contributed by atoms with Crippen LogP contribution in [0.1, 0.15) is 18.9 Å². The normalized spacial score (nSPS) is 11.2. The molecule has 5 nitrogen and oxygen atoms in total. The van der Waals surface area contributed by atoms with Crippen molar-refractivity contribution in [2.45, 2.75) is 20.3 Å². The summed E-state index contributed by atoms with van der Waals surface area (Å²) in [6.07, 6.45) is 0.502. The van der Waals surface area contributed by atoms with E-state index in [1.807, 2.05) is 19.1 Å². The molecule has 0 aliphatic carbocycles. The molecule has 0 radical (unpaired) electrons. The second-order valence-corrected chi connectivity index (χ2v) is 5.85. The summed E-state index contributed by atoms with van der Waals surface area (Å²) in [7, 11) is -3.38. The summed E-state index contributed by atoms with van der Waals surface area (Å²) in [5.74, 6) is -0.219. The van der Waals surface area contributed by atoms with Crippen molar-refractivity contribution in [2.24, 2.45) is 0 Å². The van der Waals surface area contributed by atoms with Gasteiger partial charge in [0.1, 0.15) is 12.3 Å². The number of rotatable bonds is 6. The minimum atomic E-state index is -3.38. The van der Waals surface area contributed by atoms with E-state index in [1.165, 1.54) is 0 Å². The first-order chi connectivity index (χ1) is 8.43. The molecule has 1 aromatic rings. The van der Waals surface area contributed by atoms with Gasteiger partial charge in [-0.15, -0.1) is 0 Å². The van der Waals surface area contributed by atoms with E-state index in [0.29, 0.717) is 12.2 Å². The Morgan fingerprint density at radius 2 is 1.89 bits per heavy atom. The molecule has 0 bridgehead atoms. The zero-order chi connectivity index (χ0) is 13.6. The van der Waals surface area contributed by atoms with Gasteiger partial charge in [-0.1, -0.05) is 24.6 Å². The smallest absolute Gasteiger partial charge is 0.326 e. The molecule has 0 saturated carbocycles. The number of hydrogen-bond donors (Lipinski definition) is 1. The first-order valence-corrected chi connectivity index (χ1v) is 7.33. The Hall–Kier alpha value is -1.40. The molecule has 6 heteroatoms. The Morgan fingerprint density at radius 3 is 2.44 bits per heavy atom. The van der Waals surface area contributed by atoms with Gasteiger partial charge in [-0.25, -0.2) is 13.1 Å². The van der Waals surface area contributed by atoms with Crippen LogP contribution in [0, 0.1) is 6.92 Å². The number of carbonyl (C=O) groups is 1. The highest BCUT2D eigenvalue weighted by Crippen LogP contribution is 2.11. The number of nitrogens with one attached hydrogen (secondary N) is 1. The lowest BCUT2D eigenvalue weighted by Gasteiger charge is -2.06. The summed E-state index contributed by atoms with van der Waals surface area (Å²) in [6.45, 7) is 3.32. The summed E-state index contributed by atoms with van der Waals surface area (Å²) in [6, 6.07) is 6.94. The van der Waals surface area contributed by atoms with Crippen molar-refractivity contribution < 1.29 is 17.9 Å². The summed E-state index contributed by atoms with van der Waals surface area (Å²) in [5, 5.41) is 0. The van der Waals surface area contributed by atoms with Gasteiger partial charge in [0.15, 0.2) is 0 Å². The fourth-order valence-corrected chi connectivity index (χ4v) is 2.30. The minimum absolute atomic E-state index is 0.00477. The number of ether oxygens (including phenoxy) is 1. The fourth-order valence-electron chi connectivity index (χ4n) is 1.28. The molecular weight excluding hydrogens is 254 g/mol. The average Bonchev–Trinajstić information content (AvgIpc) is 2.30. The zero-order valence-corrected chi connectivity index (χ0v) is 11.3. The van der Waals surface area contributed by atoms with E-state index in [1.54, 1.807) is 19.1 Å². The fraction of sp³-hybridized carbons (Fsp3) is 0.417. The number of carbonyl (C=O) groups excluding carboxylic acids is 1. The van der Waals surface area contributed by atoms with Gasteiger partial charge in [-0.05, 0) is 25.5 Å². The van der Waals surface area contributed by atoms with Crippen LogP contribution in [0.4, 0.5) is 0 Å². The highest BCUT2D eigenvalue weighted by atomic mass is 32.2. The Labute approximate surface area is 107 Å². The molecule has 18 heavy (non-hydrogen) atoms. The zero-order valence-electron chi connectivity index (χ0n) is 10.5. The highest BCUT2D eigenvalue weighted by molar-refractivity contribution is 7.89. The number of benzene rings is 1. The third kappa shape index (κ3) is 5.29. The largest absolute Gasteiger partial charge is 0.426 e. The van der Waals surface area contributed by atoms with Gasteiger partial charge in [0.05, 0.1) is 5.75 Å². The predicted octanol–water partition coefficient (Wildman–Crippen LogP) is 1.23. The maximum absolute atomic E-state index is 11.4. The number of aryl methyl sites for hydroxylation is 1. The molecule has 1 N–H and O–H groups in total. The first-order valence-electron chi connectivity index (χ1n) is 5.67. The Kier molecular flexibility index (Phi) is 5.30. The molecule has 0 amide bonds. The molecule has 0 heterocycles. The lowest BCUT2D eigenvalue weighted by Crippen LogP contribution is -2.33. The maximum atomic E-state index is 11.4. The lowest BCUT2D eigenvalue weighted by molar-refractivity contribution is -0.133. The SMILES string of the molecule is CCCS(=O)(=O)NCC(=O)Oc1ccc(C)cc1. The first kappa shape index (κ1) is 14.7. The molecule has 0 aliphatic rings. The average molecular weight is 271 g/mol. The number of hydrogen-bond acceptors (Lipinski definition) is 4. The summed E-state index contributed by atoms with van der Waals surface area (Å²) < 4.78 is 29.8. The van der Waals surface area contributed by atoms with E-state index in [9.17, 15) is 13.2 Å². The molecular formula is C12H17NO4S. The van der Waals surface area contributed by atoms with Crippen LogP contribution in [0.5, 0.6) is 5.75 Å². The van der Waals surface area contributed by atoms with Crippen molar-refractivity contribution >= 4 is 16.0 Å². The van der Waals surface area contributed by atoms with Crippen LogP contribution in [-0.4, -0.2) is 26.7 Å². The molecule has 0 unspecified atom stereocenters. The Bertz CT molecular complexity index is 493. The summed E-state index contributed by atoms with van der Waals surface area (Å²) in [4.78, 5) is 11.4. The van der Waals surface area contributed by atoms with Gasteiger partial charge in [0.2, 0.25) is 10.0 Å². The number of esters is 1. The number of sulfonamides is 1. The van der Waals surface area contributed by atoms with Gasteiger partial charge in [0.25, 0.3) is 0 Å². The summed E-state index contributed by atoms with van der Waals surface area (Å²) in [5.41, 5.74) is 1.05. The van der Waals surface area contributed by atoms with Crippen molar-refractivity contribution in [2.75, 3.05) is 12.3 Å². The molecule has 0 aromatic heterocycles. The molecule has 0 spiro atoms. The van der Waals surface area contributed by atoms with Gasteiger partial charge in [-0.2, -0.15) is 0 Å². The van der Waals surface area contributed by atoms with Crippen LogP contribution in [-0.2, 0) is 14.8 Å². The minimum Gasteiger partial charge on any atom is -0.426 e. The lowest BCUT2D eigenvalue weighted by atomic mass is 10.2. The Morgan fingerprint density at radius 1 is 1.28 bits per heavy atom. The third-order valence-corrected chi connectivity index (χ3v) is 3.69. The maximum Gasteiger partial charge on any atom is 0.326 e. The van der Waals surface area contributed by atoms with Crippen LogP contribution >= 0.6 is 0 Å². The van der Waals surface area contributed by atoms with Crippen molar-refractivity contribution in [3.05, 3.63) is 29.8 Å². The monoisotopic (exact) mass is 271 g/mol. The van der Waals surface area contributed by atoms with E-state index in [0.717, 1.165) is 5.56 Å². The molecule has 0 saturated heterocycles. The van der Waals surface area contributed by atoms with E-state index in [-0.39, 0.29) is 12.3 Å². The topological polar surface area (TPSA) is 72.5 Å². The molecule has 0 aliphatic heterocycles. The second-order valence-electron chi connectivity index (χ2n) is 3.93. The van der Waals surface area contributed by atoms with Crippen LogP contribution in [0.2, 0.25) is 0 Å². The third-order valence-electron chi connectivity index (χ3n) is 2.16. The molecule has 1 aromatic carbocycles. The van der Waals surface area contributed by atoms with Crippen molar-refractivity contribution in [3.63, 3.8) is 0 Å². The van der Waals surface area contributed by atoms with Crippen LogP contribution in [0.15, 0.2) is 24.3 Å². The molecule has 0 fully saturated rings. The van der Waals surface area contributed by atoms with Gasteiger partial charge in [-0.3, -0.25) is 4.79 Å². The van der Waals surface area contributed by atoms with Gasteiger partial charge < -0.3 is 4.74 Å². The van der Waals surface area contributed by atoms with Crippen molar-refractivity contribution in [1.82, 2.24) is 4.72 Å². The van der Waals surface area contributed by atoms with Gasteiger partial charge in [0, 0.05) is 0 Å². The summed E-state index contributed by atoms with van der Waals surface area (Å²) >= 11 is 0. The van der Waals surface area contributed by atoms with Gasteiger partial charge >= 0.3 is 5.97 Å². The predicted molar refractivity (Wildman–Crippen MR) is 68.9 cm³/mol.